The molecule has 0 unspecified atom stereocenters. The molecule has 0 saturated heterocycles. The number of nitrogens with one attached hydrogen (secondary N) is 1. The Morgan fingerprint density at radius 2 is 2.13 bits per heavy atom. The summed E-state index contributed by atoms with van der Waals surface area (Å²) in [4.78, 5) is 0. The maximum absolute atomic E-state index is 9.54. The molecule has 0 atom stereocenters. The van der Waals surface area contributed by atoms with Gasteiger partial charge in [-0.1, -0.05) is 6.92 Å². The van der Waals surface area contributed by atoms with Crippen LogP contribution in [0.5, 0.6) is 11.7 Å². The Morgan fingerprint density at radius 1 is 1.40 bits per heavy atom. The van der Waals surface area contributed by atoms with E-state index in [1.54, 1.807) is 6.07 Å². The molecule has 0 radical (unpaired) electrons. The molecule has 4 nitrogen and oxygen atoms in total. The number of fused-ring (bicyclic) bond motifs is 1. The average molecular weight is 205 g/mol. The van der Waals surface area contributed by atoms with Crippen molar-refractivity contribution in [3.8, 4) is 11.7 Å². The zero-order valence-corrected chi connectivity index (χ0v) is 8.24. The standard InChI is InChI=1S/C11H11NO3/c1-2-8(12)10-7-5-6(13)3-4-9(7)15-11(10)14/h3-5,12-14H,2H2,1H3. The first-order chi connectivity index (χ1) is 7.13. The summed E-state index contributed by atoms with van der Waals surface area (Å²) in [6.07, 6.45) is 0.498. The zero-order valence-electron chi connectivity index (χ0n) is 8.24. The summed E-state index contributed by atoms with van der Waals surface area (Å²) in [7, 11) is 0. The third-order valence-electron chi connectivity index (χ3n) is 2.31. The smallest absolute Gasteiger partial charge is 0.292 e. The molecule has 3 N–H and O–H groups in total. The van der Waals surface area contributed by atoms with E-state index in [0.717, 1.165) is 0 Å². The van der Waals surface area contributed by atoms with E-state index in [4.69, 9.17) is 9.83 Å². The van der Waals surface area contributed by atoms with E-state index in [-0.39, 0.29) is 17.4 Å². The molecule has 1 heterocycles. The molecule has 0 saturated carbocycles. The van der Waals surface area contributed by atoms with Crippen molar-refractivity contribution in [3.05, 3.63) is 23.8 Å². The number of hydrogen-bond donors (Lipinski definition) is 3. The number of phenols is 1. The predicted octanol–water partition coefficient (Wildman–Crippen LogP) is 2.62. The molecular formula is C11H11NO3. The second-order valence-corrected chi connectivity index (χ2v) is 3.29. The first kappa shape index (κ1) is 9.58. The molecule has 0 aliphatic heterocycles. The predicted molar refractivity (Wildman–Crippen MR) is 56.7 cm³/mol. The summed E-state index contributed by atoms with van der Waals surface area (Å²) < 4.78 is 5.08. The number of rotatable bonds is 2. The lowest BCUT2D eigenvalue weighted by molar-refractivity contribution is 0.345. The SMILES string of the molecule is CCC(=N)c1c(O)oc2ccc(O)cc12. The molecule has 0 spiro atoms. The molecule has 78 valence electrons. The molecule has 15 heavy (non-hydrogen) atoms. The van der Waals surface area contributed by atoms with Gasteiger partial charge in [0.25, 0.3) is 5.95 Å². The maximum Gasteiger partial charge on any atom is 0.292 e. The minimum atomic E-state index is -0.262. The fourth-order valence-electron chi connectivity index (χ4n) is 1.54. The van der Waals surface area contributed by atoms with Crippen LogP contribution in [0.25, 0.3) is 11.0 Å². The first-order valence-corrected chi connectivity index (χ1v) is 4.65. The summed E-state index contributed by atoms with van der Waals surface area (Å²) in [5, 5.41) is 27.1. The number of benzene rings is 1. The van der Waals surface area contributed by atoms with Crippen LogP contribution in [0, 0.1) is 5.41 Å². The van der Waals surface area contributed by atoms with Crippen molar-refractivity contribution < 1.29 is 14.6 Å². The van der Waals surface area contributed by atoms with Gasteiger partial charge in [-0.25, -0.2) is 0 Å². The van der Waals surface area contributed by atoms with Crippen LogP contribution >= 0.6 is 0 Å². The molecule has 0 fully saturated rings. The van der Waals surface area contributed by atoms with Gasteiger partial charge in [-0.3, -0.25) is 0 Å². The minimum Gasteiger partial charge on any atom is -0.508 e. The van der Waals surface area contributed by atoms with E-state index < -0.39 is 0 Å². The molecule has 2 aromatic rings. The lowest BCUT2D eigenvalue weighted by Gasteiger charge is -1.97. The highest BCUT2D eigenvalue weighted by molar-refractivity contribution is 6.10. The number of hydrogen-bond acceptors (Lipinski definition) is 4. The van der Waals surface area contributed by atoms with Crippen LogP contribution in [0.4, 0.5) is 0 Å². The Labute approximate surface area is 86.3 Å². The molecule has 1 aromatic carbocycles. The van der Waals surface area contributed by atoms with Gasteiger partial charge in [-0.15, -0.1) is 0 Å². The van der Waals surface area contributed by atoms with Crippen LogP contribution < -0.4 is 0 Å². The molecule has 0 amide bonds. The summed E-state index contributed by atoms with van der Waals surface area (Å²) in [5.41, 5.74) is 1.12. The fraction of sp³-hybridized carbons (Fsp3) is 0.182. The molecule has 0 bridgehead atoms. The van der Waals surface area contributed by atoms with Crippen LogP contribution in [0.2, 0.25) is 0 Å². The highest BCUT2D eigenvalue weighted by Crippen LogP contribution is 2.33. The Morgan fingerprint density at radius 3 is 2.80 bits per heavy atom. The largest absolute Gasteiger partial charge is 0.508 e. The highest BCUT2D eigenvalue weighted by Gasteiger charge is 2.16. The second kappa shape index (κ2) is 3.31. The summed E-state index contributed by atoms with van der Waals surface area (Å²) in [6, 6.07) is 4.53. The molecular weight excluding hydrogens is 194 g/mol. The minimum absolute atomic E-state index is 0.0912. The molecule has 2 rings (SSSR count). The second-order valence-electron chi connectivity index (χ2n) is 3.29. The maximum atomic E-state index is 9.54. The van der Waals surface area contributed by atoms with Crippen LogP contribution in [0.1, 0.15) is 18.9 Å². The van der Waals surface area contributed by atoms with Crippen LogP contribution in [0.3, 0.4) is 0 Å². The molecule has 1 aromatic heterocycles. The third-order valence-corrected chi connectivity index (χ3v) is 2.31. The average Bonchev–Trinajstić information content (AvgIpc) is 2.52. The topological polar surface area (TPSA) is 77.5 Å². The zero-order chi connectivity index (χ0) is 11.0. The number of aromatic hydroxyl groups is 2. The molecule has 0 aliphatic carbocycles. The summed E-state index contributed by atoms with van der Waals surface area (Å²) >= 11 is 0. The third kappa shape index (κ3) is 1.44. The van der Waals surface area contributed by atoms with E-state index in [2.05, 4.69) is 0 Å². The lowest BCUT2D eigenvalue weighted by Crippen LogP contribution is -1.94. The fourth-order valence-corrected chi connectivity index (χ4v) is 1.54. The van der Waals surface area contributed by atoms with Crippen molar-refractivity contribution in [2.75, 3.05) is 0 Å². The van der Waals surface area contributed by atoms with Gasteiger partial charge in [0, 0.05) is 11.1 Å². The van der Waals surface area contributed by atoms with Crippen LogP contribution in [-0.2, 0) is 0 Å². The van der Waals surface area contributed by atoms with Gasteiger partial charge < -0.3 is 20.0 Å². The lowest BCUT2D eigenvalue weighted by atomic mass is 10.1. The van der Waals surface area contributed by atoms with Gasteiger partial charge in [0.15, 0.2) is 0 Å². The summed E-state index contributed by atoms with van der Waals surface area (Å²) in [5.74, 6) is -0.170. The van der Waals surface area contributed by atoms with Crippen LogP contribution in [0.15, 0.2) is 22.6 Å². The van der Waals surface area contributed by atoms with Crippen LogP contribution in [-0.4, -0.2) is 15.9 Å². The van der Waals surface area contributed by atoms with E-state index in [0.29, 0.717) is 23.0 Å². The first-order valence-electron chi connectivity index (χ1n) is 4.65. The van der Waals surface area contributed by atoms with E-state index in [1.165, 1.54) is 12.1 Å². The van der Waals surface area contributed by atoms with Crippen molar-refractivity contribution in [3.63, 3.8) is 0 Å². The van der Waals surface area contributed by atoms with Gasteiger partial charge in [-0.2, -0.15) is 0 Å². The normalized spacial score (nSPS) is 10.7. The van der Waals surface area contributed by atoms with Gasteiger partial charge in [-0.05, 0) is 24.6 Å². The van der Waals surface area contributed by atoms with E-state index in [9.17, 15) is 10.2 Å². The molecule has 0 aliphatic rings. The Kier molecular flexibility index (Phi) is 2.11. The molecule has 4 heteroatoms. The van der Waals surface area contributed by atoms with Crippen molar-refractivity contribution in [1.29, 1.82) is 5.41 Å². The highest BCUT2D eigenvalue weighted by atomic mass is 16.5. The van der Waals surface area contributed by atoms with Crippen molar-refractivity contribution >= 4 is 16.7 Å². The van der Waals surface area contributed by atoms with Gasteiger partial charge in [0.2, 0.25) is 0 Å². The quantitative estimate of drug-likeness (QED) is 0.659. The van der Waals surface area contributed by atoms with Gasteiger partial charge in [0.1, 0.15) is 11.3 Å². The monoisotopic (exact) mass is 205 g/mol. The Bertz CT molecular complexity index is 528. The van der Waals surface area contributed by atoms with Gasteiger partial charge in [0.05, 0.1) is 5.56 Å². The van der Waals surface area contributed by atoms with Crippen molar-refractivity contribution in [2.24, 2.45) is 0 Å². The Hall–Kier alpha value is -1.97. The number of furan rings is 1. The number of phenolic OH excluding ortho intramolecular Hbond substituents is 1. The van der Waals surface area contributed by atoms with E-state index in [1.807, 2.05) is 6.92 Å². The van der Waals surface area contributed by atoms with Gasteiger partial charge >= 0.3 is 0 Å². The van der Waals surface area contributed by atoms with Crippen molar-refractivity contribution in [2.45, 2.75) is 13.3 Å². The Balaban J connectivity index is 2.76. The summed E-state index contributed by atoms with van der Waals surface area (Å²) in [6.45, 7) is 1.82. The van der Waals surface area contributed by atoms with E-state index >= 15 is 0 Å². The van der Waals surface area contributed by atoms with Crippen molar-refractivity contribution in [1.82, 2.24) is 0 Å².